The van der Waals surface area contributed by atoms with Gasteiger partial charge in [-0.05, 0) is 12.8 Å². The zero-order valence-electron chi connectivity index (χ0n) is 11.0. The highest BCUT2D eigenvalue weighted by Crippen LogP contribution is 2.25. The number of pyridine rings is 1. The number of carboxylic acids is 1. The van der Waals surface area contributed by atoms with E-state index in [0.29, 0.717) is 18.9 Å². The molecule has 1 fully saturated rings. The van der Waals surface area contributed by atoms with Crippen LogP contribution < -0.4 is 4.90 Å². The fourth-order valence-corrected chi connectivity index (χ4v) is 2.25. The molecular formula is C12H15N3O5. The minimum Gasteiger partial charge on any atom is -0.477 e. The second kappa shape index (κ2) is 5.83. The molecule has 0 unspecified atom stereocenters. The fourth-order valence-electron chi connectivity index (χ4n) is 2.25. The van der Waals surface area contributed by atoms with Crippen LogP contribution in [0.15, 0.2) is 12.3 Å². The summed E-state index contributed by atoms with van der Waals surface area (Å²) >= 11 is 0. The molecule has 2 heterocycles. The highest BCUT2D eigenvalue weighted by molar-refractivity contribution is 5.93. The Labute approximate surface area is 115 Å². The van der Waals surface area contributed by atoms with Gasteiger partial charge < -0.3 is 14.7 Å². The molecule has 1 aromatic heterocycles. The van der Waals surface area contributed by atoms with Crippen LogP contribution in [0.25, 0.3) is 0 Å². The van der Waals surface area contributed by atoms with E-state index in [2.05, 4.69) is 4.98 Å². The third-order valence-electron chi connectivity index (χ3n) is 3.39. The van der Waals surface area contributed by atoms with Gasteiger partial charge in [0, 0.05) is 26.3 Å². The summed E-state index contributed by atoms with van der Waals surface area (Å²) in [6.45, 7) is 1.37. The van der Waals surface area contributed by atoms with Crippen molar-refractivity contribution in [2.45, 2.75) is 18.9 Å². The van der Waals surface area contributed by atoms with E-state index < -0.39 is 16.6 Å². The lowest BCUT2D eigenvalue weighted by atomic mass is 10.1. The molecule has 0 aromatic carbocycles. The fraction of sp³-hybridized carbons (Fsp3) is 0.500. The molecule has 1 saturated heterocycles. The van der Waals surface area contributed by atoms with Gasteiger partial charge in [-0.15, -0.1) is 0 Å². The molecule has 1 aliphatic heterocycles. The number of anilines is 1. The Kier molecular flexibility index (Phi) is 4.14. The van der Waals surface area contributed by atoms with Crippen molar-refractivity contribution in [2.75, 3.05) is 25.1 Å². The van der Waals surface area contributed by atoms with E-state index in [1.165, 1.54) is 6.07 Å². The molecule has 1 aliphatic rings. The normalized spacial score (nSPS) is 16.1. The molecule has 0 bridgehead atoms. The van der Waals surface area contributed by atoms with E-state index in [1.807, 2.05) is 4.90 Å². The van der Waals surface area contributed by atoms with Crippen LogP contribution in [0.5, 0.6) is 0 Å². The number of hydrogen-bond donors (Lipinski definition) is 1. The van der Waals surface area contributed by atoms with Crippen molar-refractivity contribution in [1.82, 2.24) is 4.98 Å². The van der Waals surface area contributed by atoms with Gasteiger partial charge >= 0.3 is 11.7 Å². The predicted molar refractivity (Wildman–Crippen MR) is 70.1 cm³/mol. The first-order valence-electron chi connectivity index (χ1n) is 6.18. The molecule has 0 aliphatic carbocycles. The zero-order chi connectivity index (χ0) is 14.7. The largest absolute Gasteiger partial charge is 0.477 e. The Morgan fingerprint density at radius 3 is 2.70 bits per heavy atom. The van der Waals surface area contributed by atoms with Crippen LogP contribution in [0.4, 0.5) is 11.5 Å². The van der Waals surface area contributed by atoms with E-state index in [9.17, 15) is 14.9 Å². The van der Waals surface area contributed by atoms with Gasteiger partial charge in [-0.2, -0.15) is 0 Å². The molecule has 0 amide bonds. The minimum atomic E-state index is -1.33. The summed E-state index contributed by atoms with van der Waals surface area (Å²) in [6, 6.07) is 1.26. The summed E-state index contributed by atoms with van der Waals surface area (Å²) < 4.78 is 5.26. The maximum atomic E-state index is 11.1. The summed E-state index contributed by atoms with van der Waals surface area (Å²) in [4.78, 5) is 27.0. The lowest BCUT2D eigenvalue weighted by molar-refractivity contribution is -0.385. The first-order valence-corrected chi connectivity index (χ1v) is 6.18. The van der Waals surface area contributed by atoms with Crippen LogP contribution in [0.2, 0.25) is 0 Å². The Morgan fingerprint density at radius 1 is 1.55 bits per heavy atom. The molecule has 0 radical (unpaired) electrons. The average Bonchev–Trinajstić information content (AvgIpc) is 2.46. The third kappa shape index (κ3) is 2.85. The minimum absolute atomic E-state index is 0.197. The van der Waals surface area contributed by atoms with E-state index in [4.69, 9.17) is 9.84 Å². The van der Waals surface area contributed by atoms with E-state index >= 15 is 0 Å². The Bertz CT molecular complexity index is 526. The molecular weight excluding hydrogens is 266 g/mol. The molecule has 108 valence electrons. The number of carbonyl (C=O) groups is 1. The number of aromatic carboxylic acids is 1. The number of piperidine rings is 1. The summed E-state index contributed by atoms with van der Waals surface area (Å²) in [5.41, 5.74) is -0.832. The van der Waals surface area contributed by atoms with E-state index in [1.54, 1.807) is 7.11 Å². The van der Waals surface area contributed by atoms with Gasteiger partial charge in [0.1, 0.15) is 17.6 Å². The zero-order valence-corrected chi connectivity index (χ0v) is 11.0. The van der Waals surface area contributed by atoms with Gasteiger partial charge in [0.25, 0.3) is 0 Å². The Morgan fingerprint density at radius 2 is 2.20 bits per heavy atom. The Balaban J connectivity index is 2.24. The highest BCUT2D eigenvalue weighted by atomic mass is 16.6. The molecule has 1 aromatic rings. The molecule has 1 N–H and O–H groups in total. The second-order valence-corrected chi connectivity index (χ2v) is 4.54. The first-order chi connectivity index (χ1) is 9.52. The lowest BCUT2D eigenvalue weighted by Crippen LogP contribution is -2.37. The van der Waals surface area contributed by atoms with Crippen LogP contribution in [0.3, 0.4) is 0 Å². The molecule has 20 heavy (non-hydrogen) atoms. The highest BCUT2D eigenvalue weighted by Gasteiger charge is 2.25. The van der Waals surface area contributed by atoms with Gasteiger partial charge in [-0.25, -0.2) is 9.78 Å². The average molecular weight is 281 g/mol. The van der Waals surface area contributed by atoms with E-state index in [-0.39, 0.29) is 11.7 Å². The maximum Gasteiger partial charge on any atom is 0.342 e. The number of rotatable bonds is 4. The number of hydrogen-bond acceptors (Lipinski definition) is 6. The summed E-state index contributed by atoms with van der Waals surface area (Å²) in [6.07, 6.45) is 2.83. The van der Waals surface area contributed by atoms with Gasteiger partial charge in [0.05, 0.1) is 11.0 Å². The molecule has 8 heteroatoms. The second-order valence-electron chi connectivity index (χ2n) is 4.54. The van der Waals surface area contributed by atoms with Crippen molar-refractivity contribution in [2.24, 2.45) is 0 Å². The topological polar surface area (TPSA) is 106 Å². The van der Waals surface area contributed by atoms with Crippen molar-refractivity contribution in [1.29, 1.82) is 0 Å². The van der Waals surface area contributed by atoms with Crippen molar-refractivity contribution in [3.8, 4) is 0 Å². The summed E-state index contributed by atoms with van der Waals surface area (Å²) in [7, 11) is 1.66. The standard InChI is InChI=1S/C12H15N3O5/c1-20-8-2-4-14(5-3-8)11-6-9(12(16)17)10(7-13-11)15(18)19/h6-8H,2-5H2,1H3,(H,16,17). The van der Waals surface area contributed by atoms with Crippen LogP contribution in [-0.2, 0) is 4.74 Å². The summed E-state index contributed by atoms with van der Waals surface area (Å²) in [5.74, 6) is -0.880. The van der Waals surface area contributed by atoms with Crippen molar-refractivity contribution in [3.05, 3.63) is 27.9 Å². The molecule has 2 rings (SSSR count). The number of nitrogens with zero attached hydrogens (tertiary/aromatic N) is 3. The quantitative estimate of drug-likeness (QED) is 0.654. The molecule has 0 atom stereocenters. The molecule has 0 saturated carbocycles. The number of carboxylic acid groups (broad SMARTS) is 1. The number of nitro groups is 1. The predicted octanol–water partition coefficient (Wildman–Crippen LogP) is 1.30. The van der Waals surface area contributed by atoms with Gasteiger partial charge in [0.2, 0.25) is 0 Å². The molecule has 0 spiro atoms. The van der Waals surface area contributed by atoms with Gasteiger partial charge in [0.15, 0.2) is 0 Å². The van der Waals surface area contributed by atoms with Crippen LogP contribution >= 0.6 is 0 Å². The van der Waals surface area contributed by atoms with Gasteiger partial charge in [-0.1, -0.05) is 0 Å². The Hall–Kier alpha value is -2.22. The monoisotopic (exact) mass is 281 g/mol. The smallest absolute Gasteiger partial charge is 0.342 e. The third-order valence-corrected chi connectivity index (χ3v) is 3.39. The van der Waals surface area contributed by atoms with Crippen molar-refractivity contribution >= 4 is 17.5 Å². The first kappa shape index (κ1) is 14.2. The number of aromatic nitrogens is 1. The number of ether oxygens (including phenoxy) is 1. The lowest BCUT2D eigenvalue weighted by Gasteiger charge is -2.32. The van der Waals surface area contributed by atoms with E-state index in [0.717, 1.165) is 19.0 Å². The SMILES string of the molecule is COC1CCN(c2cc(C(=O)O)c([N+](=O)[O-])cn2)CC1. The van der Waals surface area contributed by atoms with Crippen LogP contribution in [-0.4, -0.2) is 47.3 Å². The van der Waals surface area contributed by atoms with Crippen molar-refractivity contribution < 1.29 is 19.6 Å². The van der Waals surface area contributed by atoms with Crippen LogP contribution in [0, 0.1) is 10.1 Å². The van der Waals surface area contributed by atoms with Crippen molar-refractivity contribution in [3.63, 3.8) is 0 Å². The van der Waals surface area contributed by atoms with Crippen LogP contribution in [0.1, 0.15) is 23.2 Å². The van der Waals surface area contributed by atoms with Gasteiger partial charge in [-0.3, -0.25) is 10.1 Å². The number of methoxy groups -OCH3 is 1. The molecule has 8 nitrogen and oxygen atoms in total. The maximum absolute atomic E-state index is 11.1. The summed E-state index contributed by atoms with van der Waals surface area (Å²) in [5, 5.41) is 19.8.